The van der Waals surface area contributed by atoms with Gasteiger partial charge in [-0.25, -0.2) is 0 Å². The van der Waals surface area contributed by atoms with Gasteiger partial charge in [0.05, 0.1) is 18.7 Å². The van der Waals surface area contributed by atoms with E-state index in [1.807, 2.05) is 42.5 Å². The molecule has 28 heavy (non-hydrogen) atoms. The zero-order valence-electron chi connectivity index (χ0n) is 15.2. The van der Waals surface area contributed by atoms with Crippen molar-refractivity contribution < 1.29 is 24.5 Å². The number of phenolic OH excluding ortho intramolecular Hbond substituents is 1. The number of hydrogen-bond acceptors (Lipinski definition) is 4. The Balaban J connectivity index is 1.48. The van der Waals surface area contributed by atoms with Gasteiger partial charge in [0.15, 0.2) is 0 Å². The number of aliphatic carboxylic acids is 1. The van der Waals surface area contributed by atoms with E-state index in [9.17, 15) is 14.7 Å². The van der Waals surface area contributed by atoms with Crippen molar-refractivity contribution in [1.82, 2.24) is 0 Å². The van der Waals surface area contributed by atoms with Crippen molar-refractivity contribution in [3.05, 3.63) is 66.2 Å². The number of anilines is 1. The molecule has 0 aliphatic rings. The second kappa shape index (κ2) is 8.90. The van der Waals surface area contributed by atoms with E-state index in [2.05, 4.69) is 5.32 Å². The number of carboxylic acids is 1. The highest BCUT2D eigenvalue weighted by Crippen LogP contribution is 2.25. The molecule has 0 atom stereocenters. The van der Waals surface area contributed by atoms with Crippen LogP contribution in [-0.4, -0.2) is 28.7 Å². The van der Waals surface area contributed by atoms with Gasteiger partial charge in [0.1, 0.15) is 11.5 Å². The van der Waals surface area contributed by atoms with E-state index in [1.165, 1.54) is 18.2 Å². The lowest BCUT2D eigenvalue weighted by molar-refractivity contribution is -0.136. The molecule has 1 amide bonds. The zero-order chi connectivity index (χ0) is 19.9. The Morgan fingerprint density at radius 3 is 2.54 bits per heavy atom. The minimum absolute atomic E-state index is 0.102. The average Bonchev–Trinajstić information content (AvgIpc) is 2.67. The predicted octanol–water partition coefficient (Wildman–Crippen LogP) is 3.97. The summed E-state index contributed by atoms with van der Waals surface area (Å²) in [6.45, 7) is 0.386. The van der Waals surface area contributed by atoms with Gasteiger partial charge in [-0.2, -0.15) is 0 Å². The average molecular weight is 379 g/mol. The Morgan fingerprint density at radius 2 is 1.75 bits per heavy atom. The first kappa shape index (κ1) is 19.2. The molecule has 3 rings (SSSR count). The number of ether oxygens (including phenoxy) is 1. The summed E-state index contributed by atoms with van der Waals surface area (Å²) >= 11 is 0. The van der Waals surface area contributed by atoms with Crippen molar-refractivity contribution in [2.24, 2.45) is 0 Å². The number of rotatable bonds is 8. The minimum Gasteiger partial charge on any atom is -0.506 e. The molecule has 0 heterocycles. The van der Waals surface area contributed by atoms with Crippen LogP contribution in [0.15, 0.2) is 60.7 Å². The number of fused-ring (bicyclic) bond motifs is 1. The van der Waals surface area contributed by atoms with Gasteiger partial charge in [0.2, 0.25) is 5.91 Å². The molecule has 0 saturated carbocycles. The maximum Gasteiger partial charge on any atom is 0.307 e. The molecule has 3 aromatic rings. The third-order valence-electron chi connectivity index (χ3n) is 4.23. The number of nitrogens with one attached hydrogen (secondary N) is 1. The van der Waals surface area contributed by atoms with E-state index in [1.54, 1.807) is 0 Å². The number of amides is 1. The zero-order valence-corrected chi connectivity index (χ0v) is 15.2. The molecule has 0 saturated heterocycles. The summed E-state index contributed by atoms with van der Waals surface area (Å²) in [5.41, 5.74) is 0.708. The fourth-order valence-corrected chi connectivity index (χ4v) is 2.86. The number of benzene rings is 3. The van der Waals surface area contributed by atoms with Gasteiger partial charge < -0.3 is 20.3 Å². The van der Waals surface area contributed by atoms with Gasteiger partial charge in [-0.05, 0) is 47.0 Å². The van der Waals surface area contributed by atoms with Crippen molar-refractivity contribution >= 4 is 28.3 Å². The maximum absolute atomic E-state index is 12.1. The van der Waals surface area contributed by atoms with Crippen molar-refractivity contribution in [2.45, 2.75) is 19.3 Å². The van der Waals surface area contributed by atoms with Crippen LogP contribution in [0.25, 0.3) is 10.8 Å². The minimum atomic E-state index is -0.978. The van der Waals surface area contributed by atoms with Crippen LogP contribution in [0.2, 0.25) is 0 Å². The third-order valence-corrected chi connectivity index (χ3v) is 4.23. The van der Waals surface area contributed by atoms with Gasteiger partial charge in [0, 0.05) is 6.42 Å². The van der Waals surface area contributed by atoms with E-state index in [4.69, 9.17) is 9.84 Å². The summed E-state index contributed by atoms with van der Waals surface area (Å²) in [5.74, 6) is -0.605. The number of carbonyl (C=O) groups is 2. The van der Waals surface area contributed by atoms with Crippen molar-refractivity contribution in [1.29, 1.82) is 0 Å². The monoisotopic (exact) mass is 379 g/mol. The van der Waals surface area contributed by atoms with Gasteiger partial charge in [-0.15, -0.1) is 0 Å². The summed E-state index contributed by atoms with van der Waals surface area (Å²) in [6, 6.07) is 18.2. The Bertz CT molecular complexity index is 999. The van der Waals surface area contributed by atoms with Crippen molar-refractivity contribution in [3.8, 4) is 11.5 Å². The summed E-state index contributed by atoms with van der Waals surface area (Å²) in [4.78, 5) is 22.9. The molecular formula is C22H21NO5. The molecule has 3 N–H and O–H groups in total. The van der Waals surface area contributed by atoms with Gasteiger partial charge >= 0.3 is 5.97 Å². The maximum atomic E-state index is 12.1. The van der Waals surface area contributed by atoms with Crippen molar-refractivity contribution in [2.75, 3.05) is 11.9 Å². The third kappa shape index (κ3) is 5.23. The molecule has 0 aliphatic heterocycles. The molecule has 0 unspecified atom stereocenters. The fourth-order valence-electron chi connectivity index (χ4n) is 2.86. The number of carbonyl (C=O) groups excluding carboxylic acids is 1. The lowest BCUT2D eigenvalue weighted by Gasteiger charge is -2.10. The summed E-state index contributed by atoms with van der Waals surface area (Å²) in [6.07, 6.45) is 0.549. The van der Waals surface area contributed by atoms with Crippen LogP contribution < -0.4 is 10.1 Å². The second-order valence-electron chi connectivity index (χ2n) is 6.43. The Morgan fingerprint density at radius 1 is 0.964 bits per heavy atom. The van der Waals surface area contributed by atoms with Crippen LogP contribution in [0, 0.1) is 0 Å². The highest BCUT2D eigenvalue weighted by Gasteiger charge is 2.09. The van der Waals surface area contributed by atoms with Crippen LogP contribution in [0.1, 0.15) is 18.4 Å². The smallest absolute Gasteiger partial charge is 0.307 e. The molecular weight excluding hydrogens is 358 g/mol. The molecule has 0 bridgehead atoms. The quantitative estimate of drug-likeness (QED) is 0.407. The Hall–Kier alpha value is -3.54. The molecule has 6 nitrogen and oxygen atoms in total. The lowest BCUT2D eigenvalue weighted by Crippen LogP contribution is -2.13. The topological polar surface area (TPSA) is 95.9 Å². The SMILES string of the molecule is O=C(O)Cc1ccc(O)c(NC(=O)CCCOc2ccc3ccccc3c2)c1. The Labute approximate surface area is 162 Å². The van der Waals surface area contributed by atoms with E-state index < -0.39 is 5.97 Å². The molecule has 0 fully saturated rings. The van der Waals surface area contributed by atoms with Crippen molar-refractivity contribution in [3.63, 3.8) is 0 Å². The molecule has 0 spiro atoms. The molecule has 6 heteroatoms. The first-order chi connectivity index (χ1) is 13.5. The summed E-state index contributed by atoms with van der Waals surface area (Å²) in [5, 5.41) is 23.5. The van der Waals surface area contributed by atoms with Gasteiger partial charge in [0.25, 0.3) is 0 Å². The Kier molecular flexibility index (Phi) is 6.11. The molecule has 0 radical (unpaired) electrons. The summed E-state index contributed by atoms with van der Waals surface area (Å²) in [7, 11) is 0. The largest absolute Gasteiger partial charge is 0.506 e. The van der Waals surface area contributed by atoms with Crippen LogP contribution in [-0.2, 0) is 16.0 Å². The summed E-state index contributed by atoms with van der Waals surface area (Å²) < 4.78 is 5.71. The van der Waals surface area contributed by atoms with Crippen LogP contribution in [0.5, 0.6) is 11.5 Å². The van der Waals surface area contributed by atoms with Gasteiger partial charge in [-0.3, -0.25) is 9.59 Å². The lowest BCUT2D eigenvalue weighted by atomic mass is 10.1. The number of aromatic hydroxyl groups is 1. The highest BCUT2D eigenvalue weighted by molar-refractivity contribution is 5.92. The number of carboxylic acid groups (broad SMARTS) is 1. The normalized spacial score (nSPS) is 10.6. The highest BCUT2D eigenvalue weighted by atomic mass is 16.5. The van der Waals surface area contributed by atoms with Crippen LogP contribution in [0.3, 0.4) is 0 Å². The molecule has 0 aliphatic carbocycles. The van der Waals surface area contributed by atoms with E-state index >= 15 is 0 Å². The van der Waals surface area contributed by atoms with E-state index in [0.29, 0.717) is 18.6 Å². The second-order valence-corrected chi connectivity index (χ2v) is 6.43. The number of hydrogen-bond donors (Lipinski definition) is 3. The first-order valence-corrected chi connectivity index (χ1v) is 8.96. The standard InChI is InChI=1S/C22H21NO5/c24-20-10-7-15(13-22(26)27)12-19(20)23-21(25)6-3-11-28-18-9-8-16-4-1-2-5-17(16)14-18/h1-2,4-5,7-10,12,14,24H,3,6,11,13H2,(H,23,25)(H,26,27). The fraction of sp³-hybridized carbons (Fsp3) is 0.182. The number of phenols is 1. The molecule has 144 valence electrons. The molecule has 3 aromatic carbocycles. The van der Waals surface area contributed by atoms with Gasteiger partial charge in [-0.1, -0.05) is 36.4 Å². The van der Waals surface area contributed by atoms with Crippen LogP contribution in [0.4, 0.5) is 5.69 Å². The predicted molar refractivity (Wildman–Crippen MR) is 107 cm³/mol. The van der Waals surface area contributed by atoms with E-state index in [0.717, 1.165) is 16.5 Å². The van der Waals surface area contributed by atoms with E-state index in [-0.39, 0.29) is 30.2 Å². The van der Waals surface area contributed by atoms with Crippen LogP contribution >= 0.6 is 0 Å². The molecule has 0 aromatic heterocycles. The first-order valence-electron chi connectivity index (χ1n) is 8.96.